The van der Waals surface area contributed by atoms with Crippen molar-refractivity contribution in [2.24, 2.45) is 46.3 Å². The number of rotatable bonds is 7. The maximum atomic E-state index is 12.2. The van der Waals surface area contributed by atoms with Crippen LogP contribution in [0.1, 0.15) is 78.6 Å². The van der Waals surface area contributed by atoms with Crippen LogP contribution in [0.15, 0.2) is 0 Å². The summed E-state index contributed by atoms with van der Waals surface area (Å²) in [7, 11) is -4.10. The largest absolute Gasteiger partial charge is 1.00 e. The molecule has 10 heteroatoms. The predicted molar refractivity (Wildman–Crippen MR) is 132 cm³/mol. The van der Waals surface area contributed by atoms with Gasteiger partial charge in [0.05, 0.1) is 24.1 Å². The van der Waals surface area contributed by atoms with E-state index >= 15 is 0 Å². The Morgan fingerprint density at radius 2 is 1.75 bits per heavy atom. The standard InChI is InChI=1S/C26H45NO7S.Na/c1-15(4-7-23(31)27-10-11-35(32,33)34)18-5-6-19-24-20(14-22(30)26(18,19)3)25(2)9-8-17(28)12-16(25)13-21(24)29;/h15-22,24,28-30H,4-14H2,1-3H3,(H,27,31)(H,32,33,34);/q;+1/t15-,16?,17-,18?,19?,20?,21-,22+,24?,25?,26?;/m1./s1. The summed E-state index contributed by atoms with van der Waals surface area (Å²) in [6, 6.07) is 0. The molecule has 8 nitrogen and oxygen atoms in total. The second kappa shape index (κ2) is 11.4. The molecule has 36 heavy (non-hydrogen) atoms. The molecule has 0 bridgehead atoms. The Balaban J connectivity index is 0.00000361. The molecule has 7 unspecified atom stereocenters. The van der Waals surface area contributed by atoms with Gasteiger partial charge in [0.1, 0.15) is 0 Å². The van der Waals surface area contributed by atoms with Crippen LogP contribution in [0.3, 0.4) is 0 Å². The van der Waals surface area contributed by atoms with E-state index in [9.17, 15) is 28.5 Å². The summed E-state index contributed by atoms with van der Waals surface area (Å²) in [5.41, 5.74) is -0.254. The maximum absolute atomic E-state index is 12.2. The first-order valence-corrected chi connectivity index (χ1v) is 15.1. The van der Waals surface area contributed by atoms with Gasteiger partial charge in [-0.3, -0.25) is 9.35 Å². The van der Waals surface area contributed by atoms with Crippen LogP contribution in [0.2, 0.25) is 0 Å². The fraction of sp³-hybridized carbons (Fsp3) is 0.962. The molecule has 0 spiro atoms. The minimum atomic E-state index is -4.10. The van der Waals surface area contributed by atoms with Gasteiger partial charge in [-0.2, -0.15) is 8.42 Å². The molecule has 0 radical (unpaired) electrons. The van der Waals surface area contributed by atoms with Crippen molar-refractivity contribution in [3.8, 4) is 0 Å². The molecule has 4 saturated carbocycles. The van der Waals surface area contributed by atoms with E-state index in [2.05, 4.69) is 26.1 Å². The van der Waals surface area contributed by atoms with Crippen LogP contribution in [-0.2, 0) is 14.9 Å². The summed E-state index contributed by atoms with van der Waals surface area (Å²) in [5.74, 6) is 0.705. The Labute approximate surface area is 238 Å². The van der Waals surface area contributed by atoms with Crippen LogP contribution in [-0.4, -0.2) is 64.8 Å². The fourth-order valence-electron chi connectivity index (χ4n) is 9.10. The van der Waals surface area contributed by atoms with Gasteiger partial charge >= 0.3 is 29.6 Å². The predicted octanol–water partition coefficient (Wildman–Crippen LogP) is -0.628. The van der Waals surface area contributed by atoms with Crippen LogP contribution < -0.4 is 34.9 Å². The zero-order valence-electron chi connectivity index (χ0n) is 22.4. The van der Waals surface area contributed by atoms with Crippen molar-refractivity contribution in [2.75, 3.05) is 12.3 Å². The van der Waals surface area contributed by atoms with E-state index in [0.29, 0.717) is 18.8 Å². The minimum Gasteiger partial charge on any atom is -0.393 e. The Kier molecular flexibility index (Phi) is 9.75. The zero-order valence-corrected chi connectivity index (χ0v) is 25.2. The van der Waals surface area contributed by atoms with E-state index in [-0.39, 0.29) is 95.0 Å². The minimum absolute atomic E-state index is 0. The second-order valence-electron chi connectivity index (χ2n) is 12.7. The van der Waals surface area contributed by atoms with Crippen LogP contribution in [0, 0.1) is 46.3 Å². The molecule has 4 rings (SSSR count). The molecular weight excluding hydrogens is 493 g/mol. The molecule has 0 aromatic heterocycles. The number of carbonyl (C=O) groups excluding carboxylic acids is 1. The number of aliphatic hydroxyl groups excluding tert-OH is 3. The van der Waals surface area contributed by atoms with Crippen LogP contribution >= 0.6 is 0 Å². The van der Waals surface area contributed by atoms with Crippen molar-refractivity contribution in [1.29, 1.82) is 0 Å². The number of nitrogens with one attached hydrogen (secondary N) is 1. The van der Waals surface area contributed by atoms with Gasteiger partial charge in [0, 0.05) is 13.0 Å². The summed E-state index contributed by atoms with van der Waals surface area (Å²) in [4.78, 5) is 12.2. The Hall–Kier alpha value is 0.260. The molecule has 4 fully saturated rings. The van der Waals surface area contributed by atoms with E-state index in [1.807, 2.05) is 0 Å². The van der Waals surface area contributed by atoms with Gasteiger partial charge in [-0.05, 0) is 97.7 Å². The molecule has 11 atom stereocenters. The van der Waals surface area contributed by atoms with Crippen molar-refractivity contribution in [2.45, 2.75) is 96.9 Å². The van der Waals surface area contributed by atoms with Gasteiger partial charge in [0.15, 0.2) is 0 Å². The maximum Gasteiger partial charge on any atom is 1.00 e. The zero-order chi connectivity index (χ0) is 25.8. The van der Waals surface area contributed by atoms with E-state index in [1.165, 1.54) is 0 Å². The Morgan fingerprint density at radius 1 is 1.06 bits per heavy atom. The van der Waals surface area contributed by atoms with Crippen molar-refractivity contribution in [3.63, 3.8) is 0 Å². The molecule has 0 saturated heterocycles. The van der Waals surface area contributed by atoms with E-state index in [0.717, 1.165) is 38.5 Å². The van der Waals surface area contributed by atoms with E-state index in [4.69, 9.17) is 4.55 Å². The Morgan fingerprint density at radius 3 is 2.42 bits per heavy atom. The quantitative estimate of drug-likeness (QED) is 0.215. The summed E-state index contributed by atoms with van der Waals surface area (Å²) in [5, 5.41) is 35.8. The topological polar surface area (TPSA) is 144 Å². The normalized spacial score (nSPS) is 45.0. The van der Waals surface area contributed by atoms with Gasteiger partial charge in [0.25, 0.3) is 10.1 Å². The number of aliphatic hydroxyl groups is 3. The van der Waals surface area contributed by atoms with Crippen LogP contribution in [0.4, 0.5) is 0 Å². The van der Waals surface area contributed by atoms with E-state index in [1.54, 1.807) is 0 Å². The molecule has 1 amide bonds. The van der Waals surface area contributed by atoms with Crippen LogP contribution in [0.25, 0.3) is 0 Å². The van der Waals surface area contributed by atoms with Gasteiger partial charge < -0.3 is 20.6 Å². The average molecular weight is 539 g/mol. The van der Waals surface area contributed by atoms with Crippen molar-refractivity contribution < 1.29 is 62.6 Å². The van der Waals surface area contributed by atoms with Gasteiger partial charge in [-0.25, -0.2) is 0 Å². The number of carbonyl (C=O) groups is 1. The summed E-state index contributed by atoms with van der Waals surface area (Å²) < 4.78 is 30.5. The number of hydrogen-bond donors (Lipinski definition) is 5. The van der Waals surface area contributed by atoms with Gasteiger partial charge in [-0.1, -0.05) is 20.8 Å². The molecule has 0 aromatic carbocycles. The third-order valence-electron chi connectivity index (χ3n) is 11.0. The first-order chi connectivity index (χ1) is 16.3. The molecule has 0 aliphatic heterocycles. The third kappa shape index (κ3) is 5.74. The van der Waals surface area contributed by atoms with Crippen molar-refractivity contribution in [1.82, 2.24) is 5.32 Å². The first-order valence-electron chi connectivity index (χ1n) is 13.5. The summed E-state index contributed by atoms with van der Waals surface area (Å²) >= 11 is 0. The van der Waals surface area contributed by atoms with E-state index < -0.39 is 28.1 Å². The number of hydrogen-bond acceptors (Lipinski definition) is 6. The third-order valence-corrected chi connectivity index (χ3v) is 11.7. The number of amides is 1. The van der Waals surface area contributed by atoms with Gasteiger partial charge in [0.2, 0.25) is 5.91 Å². The van der Waals surface area contributed by atoms with Crippen LogP contribution in [0.5, 0.6) is 0 Å². The Bertz CT molecular complexity index is 903. The molecule has 4 aliphatic rings. The van der Waals surface area contributed by atoms with Gasteiger partial charge in [-0.15, -0.1) is 0 Å². The smallest absolute Gasteiger partial charge is 0.393 e. The number of fused-ring (bicyclic) bond motifs is 5. The van der Waals surface area contributed by atoms with Crippen molar-refractivity contribution >= 4 is 16.0 Å². The monoisotopic (exact) mass is 538 g/mol. The molecule has 4 aliphatic carbocycles. The molecular formula is C26H45NNaO7S+. The molecule has 202 valence electrons. The molecule has 0 heterocycles. The fourth-order valence-corrected chi connectivity index (χ4v) is 9.46. The SMILES string of the molecule is C[C@H](CCC(=O)NCCS(=O)(=O)O)C1CCC2C3C(C[C@H](O)C21C)C1(C)CC[C@@H](O)CC1C[C@H]3O.[Na+]. The second-order valence-corrected chi connectivity index (χ2v) is 14.2. The average Bonchev–Trinajstić information content (AvgIpc) is 3.12. The summed E-state index contributed by atoms with van der Waals surface area (Å²) in [6.45, 7) is 6.56. The molecule has 0 aromatic rings. The first kappa shape index (κ1) is 30.8. The van der Waals surface area contributed by atoms with Crippen molar-refractivity contribution in [3.05, 3.63) is 0 Å². The molecule has 5 N–H and O–H groups in total. The summed E-state index contributed by atoms with van der Waals surface area (Å²) in [6.07, 6.45) is 5.67.